The number of methoxy groups -OCH3 is 1. The molecule has 0 unspecified atom stereocenters. The van der Waals surface area contributed by atoms with E-state index in [1.165, 1.54) is 19.3 Å². The van der Waals surface area contributed by atoms with Crippen LogP contribution < -0.4 is 11.1 Å². The second kappa shape index (κ2) is 7.66. The SMILES string of the molecule is COCCC1(CNC(=O)c2cc(N)ccc2C)CCC1.Cl. The van der Waals surface area contributed by atoms with Crippen LogP contribution in [0.3, 0.4) is 0 Å². The molecule has 1 aromatic rings. The van der Waals surface area contributed by atoms with Gasteiger partial charge in [-0.05, 0) is 49.3 Å². The van der Waals surface area contributed by atoms with Gasteiger partial charge in [-0.25, -0.2) is 0 Å². The van der Waals surface area contributed by atoms with Gasteiger partial charge in [0.15, 0.2) is 0 Å². The van der Waals surface area contributed by atoms with Crippen LogP contribution in [0.2, 0.25) is 0 Å². The zero-order chi connectivity index (χ0) is 14.6. The molecule has 118 valence electrons. The summed E-state index contributed by atoms with van der Waals surface area (Å²) in [6.07, 6.45) is 4.61. The van der Waals surface area contributed by atoms with Crippen LogP contribution in [0.4, 0.5) is 5.69 Å². The molecule has 0 spiro atoms. The van der Waals surface area contributed by atoms with Gasteiger partial charge >= 0.3 is 0 Å². The molecule has 0 radical (unpaired) electrons. The van der Waals surface area contributed by atoms with Gasteiger partial charge in [-0.15, -0.1) is 12.4 Å². The van der Waals surface area contributed by atoms with Crippen LogP contribution >= 0.6 is 12.4 Å². The van der Waals surface area contributed by atoms with Crippen LogP contribution in [0.5, 0.6) is 0 Å². The number of rotatable bonds is 6. The van der Waals surface area contributed by atoms with Crippen LogP contribution in [-0.4, -0.2) is 26.2 Å². The third-order valence-corrected chi connectivity index (χ3v) is 4.38. The zero-order valence-electron chi connectivity index (χ0n) is 12.8. The third-order valence-electron chi connectivity index (χ3n) is 4.38. The van der Waals surface area contributed by atoms with Gasteiger partial charge in [0.25, 0.3) is 5.91 Å². The highest BCUT2D eigenvalue weighted by molar-refractivity contribution is 5.96. The molecule has 0 saturated heterocycles. The highest BCUT2D eigenvalue weighted by Gasteiger charge is 2.36. The zero-order valence-corrected chi connectivity index (χ0v) is 13.6. The van der Waals surface area contributed by atoms with Crippen molar-refractivity contribution in [3.63, 3.8) is 0 Å². The number of hydrogen-bond acceptors (Lipinski definition) is 3. The molecular formula is C16H25ClN2O2. The number of halogens is 1. The second-order valence-electron chi connectivity index (χ2n) is 5.85. The number of nitrogen functional groups attached to an aromatic ring is 1. The quantitative estimate of drug-likeness (QED) is 0.794. The average molecular weight is 313 g/mol. The summed E-state index contributed by atoms with van der Waals surface area (Å²) in [5.41, 5.74) is 8.24. The van der Waals surface area contributed by atoms with E-state index in [9.17, 15) is 4.79 Å². The topological polar surface area (TPSA) is 64.3 Å². The average Bonchev–Trinajstić information content (AvgIpc) is 2.39. The van der Waals surface area contributed by atoms with E-state index in [1.54, 1.807) is 13.2 Å². The molecule has 1 amide bonds. The fraction of sp³-hybridized carbons (Fsp3) is 0.562. The van der Waals surface area contributed by atoms with Gasteiger partial charge in [0.2, 0.25) is 0 Å². The fourth-order valence-corrected chi connectivity index (χ4v) is 2.76. The maximum atomic E-state index is 12.3. The van der Waals surface area contributed by atoms with E-state index in [0.29, 0.717) is 11.3 Å². The molecule has 5 heteroatoms. The summed E-state index contributed by atoms with van der Waals surface area (Å²) in [5, 5.41) is 3.07. The standard InChI is InChI=1S/C16H24N2O2.ClH/c1-12-4-5-13(17)10-14(12)15(19)18-11-16(6-3-7-16)8-9-20-2;/h4-5,10H,3,6-9,11,17H2,1-2H3,(H,18,19);1H. The number of benzene rings is 1. The normalized spacial score (nSPS) is 15.7. The lowest BCUT2D eigenvalue weighted by atomic mass is 9.66. The largest absolute Gasteiger partial charge is 0.399 e. The Morgan fingerprint density at radius 3 is 2.71 bits per heavy atom. The molecule has 1 saturated carbocycles. The van der Waals surface area contributed by atoms with Crippen molar-refractivity contribution < 1.29 is 9.53 Å². The molecule has 1 fully saturated rings. The number of carbonyl (C=O) groups excluding carboxylic acids is 1. The predicted octanol–water partition coefficient (Wildman–Crippen LogP) is 2.94. The number of nitrogens with two attached hydrogens (primary N) is 1. The minimum absolute atomic E-state index is 0. The van der Waals surface area contributed by atoms with Gasteiger partial charge in [-0.3, -0.25) is 4.79 Å². The van der Waals surface area contributed by atoms with Crippen LogP contribution in [0, 0.1) is 12.3 Å². The highest BCUT2D eigenvalue weighted by atomic mass is 35.5. The number of anilines is 1. The van der Waals surface area contributed by atoms with Gasteiger partial charge in [0.1, 0.15) is 0 Å². The molecule has 1 aliphatic carbocycles. The van der Waals surface area contributed by atoms with E-state index >= 15 is 0 Å². The van der Waals surface area contributed by atoms with E-state index in [0.717, 1.165) is 25.1 Å². The Labute approximate surface area is 132 Å². The summed E-state index contributed by atoms with van der Waals surface area (Å²) in [4.78, 5) is 12.3. The highest BCUT2D eigenvalue weighted by Crippen LogP contribution is 2.43. The number of nitrogens with one attached hydrogen (secondary N) is 1. The number of amides is 1. The van der Waals surface area contributed by atoms with Gasteiger partial charge in [0.05, 0.1) is 0 Å². The number of carbonyl (C=O) groups is 1. The van der Waals surface area contributed by atoms with Crippen LogP contribution in [0.25, 0.3) is 0 Å². The van der Waals surface area contributed by atoms with Crippen LogP contribution in [-0.2, 0) is 4.74 Å². The Kier molecular flexibility index (Phi) is 6.49. The van der Waals surface area contributed by atoms with E-state index in [4.69, 9.17) is 10.5 Å². The van der Waals surface area contributed by atoms with E-state index in [-0.39, 0.29) is 23.7 Å². The molecule has 21 heavy (non-hydrogen) atoms. The Bertz CT molecular complexity index is 487. The monoisotopic (exact) mass is 312 g/mol. The smallest absolute Gasteiger partial charge is 0.251 e. The minimum Gasteiger partial charge on any atom is -0.399 e. The summed E-state index contributed by atoms with van der Waals surface area (Å²) >= 11 is 0. The molecule has 0 bridgehead atoms. The van der Waals surface area contributed by atoms with Crippen molar-refractivity contribution in [1.29, 1.82) is 0 Å². The van der Waals surface area contributed by atoms with Crippen molar-refractivity contribution in [3.8, 4) is 0 Å². The van der Waals surface area contributed by atoms with Crippen molar-refractivity contribution in [2.75, 3.05) is 26.0 Å². The molecule has 4 nitrogen and oxygen atoms in total. The molecule has 1 aromatic carbocycles. The van der Waals surface area contributed by atoms with Crippen molar-refractivity contribution in [1.82, 2.24) is 5.32 Å². The lowest BCUT2D eigenvalue weighted by Crippen LogP contribution is -2.43. The summed E-state index contributed by atoms with van der Waals surface area (Å²) in [6.45, 7) is 3.41. The van der Waals surface area contributed by atoms with Gasteiger partial charge in [-0.1, -0.05) is 12.5 Å². The van der Waals surface area contributed by atoms with Crippen LogP contribution in [0.1, 0.15) is 41.6 Å². The molecule has 0 atom stereocenters. The molecular weight excluding hydrogens is 288 g/mol. The first-order chi connectivity index (χ1) is 9.56. The number of aryl methyl sites for hydroxylation is 1. The Hall–Kier alpha value is -1.26. The first-order valence-corrected chi connectivity index (χ1v) is 7.20. The first-order valence-electron chi connectivity index (χ1n) is 7.20. The number of hydrogen-bond donors (Lipinski definition) is 2. The lowest BCUT2D eigenvalue weighted by molar-refractivity contribution is 0.0631. The van der Waals surface area contributed by atoms with Gasteiger partial charge in [0, 0.05) is 31.5 Å². The molecule has 2 rings (SSSR count). The van der Waals surface area contributed by atoms with E-state index in [1.807, 2.05) is 19.1 Å². The Morgan fingerprint density at radius 1 is 1.43 bits per heavy atom. The van der Waals surface area contributed by atoms with Gasteiger partial charge in [-0.2, -0.15) is 0 Å². The second-order valence-corrected chi connectivity index (χ2v) is 5.85. The van der Waals surface area contributed by atoms with Crippen LogP contribution in [0.15, 0.2) is 18.2 Å². The predicted molar refractivity (Wildman–Crippen MR) is 87.9 cm³/mol. The Morgan fingerprint density at radius 2 is 2.14 bits per heavy atom. The van der Waals surface area contributed by atoms with Crippen molar-refractivity contribution >= 4 is 24.0 Å². The summed E-state index contributed by atoms with van der Waals surface area (Å²) in [6, 6.07) is 5.44. The maximum Gasteiger partial charge on any atom is 0.251 e. The molecule has 0 heterocycles. The minimum atomic E-state index is -0.0292. The lowest BCUT2D eigenvalue weighted by Gasteiger charge is -2.42. The summed E-state index contributed by atoms with van der Waals surface area (Å²) < 4.78 is 5.17. The molecule has 0 aliphatic heterocycles. The van der Waals surface area contributed by atoms with Crippen molar-refractivity contribution in [3.05, 3.63) is 29.3 Å². The van der Waals surface area contributed by atoms with E-state index < -0.39 is 0 Å². The van der Waals surface area contributed by atoms with Gasteiger partial charge < -0.3 is 15.8 Å². The first kappa shape index (κ1) is 17.8. The summed E-state index contributed by atoms with van der Waals surface area (Å²) in [5.74, 6) is -0.0292. The third kappa shape index (κ3) is 4.35. The molecule has 3 N–H and O–H groups in total. The summed E-state index contributed by atoms with van der Waals surface area (Å²) in [7, 11) is 1.72. The fourth-order valence-electron chi connectivity index (χ4n) is 2.76. The number of ether oxygens (including phenoxy) is 1. The molecule has 0 aromatic heterocycles. The Balaban J connectivity index is 0.00000220. The van der Waals surface area contributed by atoms with Crippen molar-refractivity contribution in [2.24, 2.45) is 5.41 Å². The maximum absolute atomic E-state index is 12.3. The van der Waals surface area contributed by atoms with E-state index in [2.05, 4.69) is 5.32 Å². The molecule has 1 aliphatic rings. The van der Waals surface area contributed by atoms with Crippen molar-refractivity contribution in [2.45, 2.75) is 32.6 Å².